The number of halogens is 3. The molecule has 4 aromatic rings. The van der Waals surface area contributed by atoms with Crippen molar-refractivity contribution in [3.63, 3.8) is 0 Å². The SMILES string of the molecule is COC(=O)c1sc(-n2cnc3cc(OC)c(OC)cc32)cc1OCc1ccccc1C(F)(F)F. The van der Waals surface area contributed by atoms with Crippen LogP contribution in [0.2, 0.25) is 0 Å². The largest absolute Gasteiger partial charge is 0.493 e. The number of rotatable bonds is 7. The maximum absolute atomic E-state index is 13.3. The lowest BCUT2D eigenvalue weighted by molar-refractivity contribution is -0.138. The van der Waals surface area contributed by atoms with Crippen LogP contribution in [0.25, 0.3) is 16.0 Å². The zero-order valence-corrected chi connectivity index (χ0v) is 19.1. The molecule has 0 aliphatic rings. The van der Waals surface area contributed by atoms with E-state index in [2.05, 4.69) is 4.98 Å². The van der Waals surface area contributed by atoms with Gasteiger partial charge in [0, 0.05) is 23.8 Å². The molecule has 0 spiro atoms. The van der Waals surface area contributed by atoms with Crippen molar-refractivity contribution in [3.05, 3.63) is 64.8 Å². The quantitative estimate of drug-likeness (QED) is 0.318. The molecule has 0 atom stereocenters. The van der Waals surface area contributed by atoms with Crippen molar-refractivity contribution in [3.8, 4) is 22.2 Å². The fourth-order valence-corrected chi connectivity index (χ4v) is 4.42. The molecule has 4 rings (SSSR count). The van der Waals surface area contributed by atoms with Crippen molar-refractivity contribution in [2.24, 2.45) is 0 Å². The van der Waals surface area contributed by atoms with Gasteiger partial charge in [-0.05, 0) is 6.07 Å². The molecule has 2 aromatic carbocycles. The molecular weight excluding hydrogens is 473 g/mol. The predicted octanol–water partition coefficient (Wildman–Crippen LogP) is 5.49. The zero-order valence-electron chi connectivity index (χ0n) is 18.3. The Morgan fingerprint density at radius 1 is 1.03 bits per heavy atom. The van der Waals surface area contributed by atoms with Gasteiger partial charge in [0.2, 0.25) is 0 Å². The summed E-state index contributed by atoms with van der Waals surface area (Å²) in [6.45, 7) is -0.383. The maximum Gasteiger partial charge on any atom is 0.416 e. The average molecular weight is 492 g/mol. The summed E-state index contributed by atoms with van der Waals surface area (Å²) in [6, 6.07) is 10.1. The highest BCUT2D eigenvalue weighted by atomic mass is 32.1. The molecule has 0 fully saturated rings. The summed E-state index contributed by atoms with van der Waals surface area (Å²) in [6.07, 6.45) is -2.97. The molecule has 0 unspecified atom stereocenters. The third-order valence-electron chi connectivity index (χ3n) is 5.05. The summed E-state index contributed by atoms with van der Waals surface area (Å²) in [5, 5.41) is 0.550. The molecule has 0 bridgehead atoms. The van der Waals surface area contributed by atoms with Crippen molar-refractivity contribution in [2.75, 3.05) is 21.3 Å². The average Bonchev–Trinajstić information content (AvgIpc) is 3.44. The summed E-state index contributed by atoms with van der Waals surface area (Å²) >= 11 is 1.06. The molecule has 0 saturated carbocycles. The summed E-state index contributed by atoms with van der Waals surface area (Å²) in [7, 11) is 4.24. The number of methoxy groups -OCH3 is 3. The van der Waals surface area contributed by atoms with Gasteiger partial charge in [0.25, 0.3) is 0 Å². The van der Waals surface area contributed by atoms with Crippen molar-refractivity contribution < 1.29 is 36.9 Å². The molecule has 0 aliphatic carbocycles. The van der Waals surface area contributed by atoms with Crippen LogP contribution in [0.5, 0.6) is 17.2 Å². The van der Waals surface area contributed by atoms with Crippen LogP contribution in [0.3, 0.4) is 0 Å². The minimum Gasteiger partial charge on any atom is -0.493 e. The van der Waals surface area contributed by atoms with Gasteiger partial charge in [0.15, 0.2) is 16.4 Å². The number of hydrogen-bond donors (Lipinski definition) is 0. The van der Waals surface area contributed by atoms with Gasteiger partial charge in [-0.3, -0.25) is 4.57 Å². The number of ether oxygens (including phenoxy) is 4. The Morgan fingerprint density at radius 3 is 2.41 bits per heavy atom. The van der Waals surface area contributed by atoms with Crippen LogP contribution >= 0.6 is 11.3 Å². The number of alkyl halides is 3. The Morgan fingerprint density at radius 2 is 1.74 bits per heavy atom. The van der Waals surface area contributed by atoms with E-state index in [-0.39, 0.29) is 22.8 Å². The van der Waals surface area contributed by atoms with Gasteiger partial charge in [0.05, 0.1) is 37.9 Å². The fraction of sp³-hybridized carbons (Fsp3) is 0.217. The molecule has 0 saturated heterocycles. The molecule has 0 amide bonds. The van der Waals surface area contributed by atoms with Crippen LogP contribution in [0.15, 0.2) is 48.8 Å². The number of hydrogen-bond acceptors (Lipinski definition) is 7. The molecule has 11 heteroatoms. The number of imidazole rings is 1. The number of esters is 1. The fourth-order valence-electron chi connectivity index (χ4n) is 3.41. The number of fused-ring (bicyclic) bond motifs is 1. The summed E-state index contributed by atoms with van der Waals surface area (Å²) in [5.74, 6) is 0.431. The number of carbonyl (C=O) groups excluding carboxylic acids is 1. The molecule has 2 aromatic heterocycles. The molecular formula is C23H19F3N2O5S. The third kappa shape index (κ3) is 4.38. The smallest absolute Gasteiger partial charge is 0.416 e. The number of thiophene rings is 1. The van der Waals surface area contributed by atoms with E-state index in [4.69, 9.17) is 18.9 Å². The van der Waals surface area contributed by atoms with E-state index in [1.807, 2.05) is 0 Å². The van der Waals surface area contributed by atoms with Crippen LogP contribution in [0.1, 0.15) is 20.8 Å². The molecule has 7 nitrogen and oxygen atoms in total. The standard InChI is InChI=1S/C23H19F3N2O5S/c1-30-17-8-15-16(9-18(17)31-2)28(12-27-15)20-10-19(21(34-20)22(29)32-3)33-11-13-6-4-5-7-14(13)23(24,25)26/h4-10,12H,11H2,1-3H3. The first kappa shape index (κ1) is 23.4. The second kappa shape index (κ2) is 9.26. The Bertz CT molecular complexity index is 1350. The van der Waals surface area contributed by atoms with Gasteiger partial charge in [-0.25, -0.2) is 9.78 Å². The van der Waals surface area contributed by atoms with E-state index in [0.717, 1.165) is 17.4 Å². The van der Waals surface area contributed by atoms with E-state index in [1.54, 1.807) is 29.1 Å². The zero-order chi connectivity index (χ0) is 24.5. The van der Waals surface area contributed by atoms with Gasteiger partial charge in [-0.1, -0.05) is 18.2 Å². The first-order valence-corrected chi connectivity index (χ1v) is 10.7. The van der Waals surface area contributed by atoms with Crippen LogP contribution < -0.4 is 14.2 Å². The predicted molar refractivity (Wildman–Crippen MR) is 119 cm³/mol. The van der Waals surface area contributed by atoms with E-state index >= 15 is 0 Å². The highest BCUT2D eigenvalue weighted by Crippen LogP contribution is 2.38. The molecule has 34 heavy (non-hydrogen) atoms. The Kier molecular flexibility index (Phi) is 6.38. The van der Waals surface area contributed by atoms with Crippen LogP contribution in [-0.2, 0) is 17.5 Å². The maximum atomic E-state index is 13.3. The second-order valence-electron chi connectivity index (χ2n) is 7.02. The monoisotopic (exact) mass is 492 g/mol. The number of aromatic nitrogens is 2. The van der Waals surface area contributed by atoms with Crippen molar-refractivity contribution >= 4 is 28.3 Å². The van der Waals surface area contributed by atoms with E-state index in [1.165, 1.54) is 39.5 Å². The first-order valence-electron chi connectivity index (χ1n) is 9.86. The second-order valence-corrected chi connectivity index (χ2v) is 8.05. The molecule has 0 N–H and O–H groups in total. The van der Waals surface area contributed by atoms with Gasteiger partial charge in [-0.2, -0.15) is 13.2 Å². The molecule has 178 valence electrons. The molecule has 0 radical (unpaired) electrons. The molecule has 2 heterocycles. The van der Waals surface area contributed by atoms with Crippen molar-refractivity contribution in [1.82, 2.24) is 9.55 Å². The highest BCUT2D eigenvalue weighted by Gasteiger charge is 2.33. The van der Waals surface area contributed by atoms with Crippen molar-refractivity contribution in [1.29, 1.82) is 0 Å². The Labute approximate surface area is 196 Å². The normalized spacial score (nSPS) is 11.5. The third-order valence-corrected chi connectivity index (χ3v) is 6.15. The van der Waals surface area contributed by atoms with Gasteiger partial charge >= 0.3 is 12.1 Å². The van der Waals surface area contributed by atoms with Crippen LogP contribution in [-0.4, -0.2) is 36.8 Å². The Balaban J connectivity index is 1.73. The highest BCUT2D eigenvalue weighted by molar-refractivity contribution is 7.16. The summed E-state index contributed by atoms with van der Waals surface area (Å²) in [4.78, 5) is 16.9. The Hall–Kier alpha value is -3.73. The van der Waals surface area contributed by atoms with Gasteiger partial charge in [0.1, 0.15) is 23.7 Å². The summed E-state index contributed by atoms with van der Waals surface area (Å²) < 4.78 is 62.9. The number of nitrogens with zero attached hydrogens (tertiary/aromatic N) is 2. The number of benzene rings is 2. The lowest BCUT2D eigenvalue weighted by atomic mass is 10.1. The lowest BCUT2D eigenvalue weighted by Crippen LogP contribution is -2.11. The first-order chi connectivity index (χ1) is 16.3. The molecule has 0 aliphatic heterocycles. The van der Waals surface area contributed by atoms with E-state index in [0.29, 0.717) is 27.5 Å². The van der Waals surface area contributed by atoms with Gasteiger partial charge < -0.3 is 18.9 Å². The minimum absolute atomic E-state index is 0.0523. The van der Waals surface area contributed by atoms with Crippen molar-refractivity contribution in [2.45, 2.75) is 12.8 Å². The topological polar surface area (TPSA) is 71.8 Å². The summed E-state index contributed by atoms with van der Waals surface area (Å²) in [5.41, 5.74) is 0.437. The van der Waals surface area contributed by atoms with Gasteiger partial charge in [-0.15, -0.1) is 11.3 Å². The van der Waals surface area contributed by atoms with E-state index < -0.39 is 17.7 Å². The minimum atomic E-state index is -4.53. The van der Waals surface area contributed by atoms with Crippen LogP contribution in [0.4, 0.5) is 13.2 Å². The van der Waals surface area contributed by atoms with E-state index in [9.17, 15) is 18.0 Å². The van der Waals surface area contributed by atoms with Crippen LogP contribution in [0, 0.1) is 0 Å². The lowest BCUT2D eigenvalue weighted by Gasteiger charge is -2.13. The number of carbonyl (C=O) groups is 1.